The number of nitrogens with zero attached hydrogens (tertiary/aromatic N) is 2. The summed E-state index contributed by atoms with van der Waals surface area (Å²) in [7, 11) is -3.68. The smallest absolute Gasteiger partial charge is 0.269 e. The highest BCUT2D eigenvalue weighted by molar-refractivity contribution is 7.89. The monoisotopic (exact) mass is 464 g/mol. The summed E-state index contributed by atoms with van der Waals surface area (Å²) in [6.45, 7) is 4.22. The Balaban J connectivity index is 1.43. The van der Waals surface area contributed by atoms with Crippen molar-refractivity contribution in [3.63, 3.8) is 0 Å². The van der Waals surface area contributed by atoms with Crippen LogP contribution in [0.3, 0.4) is 0 Å². The molecule has 1 fully saturated rings. The Morgan fingerprint density at radius 1 is 1.16 bits per heavy atom. The van der Waals surface area contributed by atoms with Gasteiger partial charge in [0.2, 0.25) is 15.2 Å². The molecule has 0 aliphatic carbocycles. The molecule has 11 heteroatoms. The van der Waals surface area contributed by atoms with Crippen molar-refractivity contribution in [2.45, 2.75) is 31.0 Å². The van der Waals surface area contributed by atoms with E-state index in [1.165, 1.54) is 46.0 Å². The highest BCUT2D eigenvalue weighted by Gasteiger charge is 2.32. The Morgan fingerprint density at radius 2 is 1.84 bits per heavy atom. The number of benzene rings is 2. The first-order valence-corrected chi connectivity index (χ1v) is 11.9. The van der Waals surface area contributed by atoms with E-state index in [9.17, 15) is 17.6 Å². The lowest BCUT2D eigenvalue weighted by Crippen LogP contribution is -2.48. The fourth-order valence-electron chi connectivity index (χ4n) is 3.41. The van der Waals surface area contributed by atoms with E-state index in [1.807, 2.05) is 13.8 Å². The molecular formula is C20H21FN4O4S2. The standard InChI is InChI=1S/C20H21FN4O4S2/c1-12-10-25(11-13(2)29-12)31(27,28)15-8-6-14(7-9-15)19(26)23-24-20-22-18-16(21)4-3-5-17(18)30-20/h3-9,12-13H,10-11H2,1-2H3,(H,22,24)(H,23,26)/t12-,13-/m0/s1. The molecule has 0 saturated carbocycles. The van der Waals surface area contributed by atoms with E-state index in [0.29, 0.717) is 9.83 Å². The lowest BCUT2D eigenvalue weighted by Gasteiger charge is -2.34. The predicted molar refractivity (Wildman–Crippen MR) is 116 cm³/mol. The number of halogens is 1. The van der Waals surface area contributed by atoms with Crippen LogP contribution in [-0.2, 0) is 14.8 Å². The number of carbonyl (C=O) groups excluding carboxylic acids is 1. The fraction of sp³-hybridized carbons (Fsp3) is 0.300. The molecule has 1 amide bonds. The van der Waals surface area contributed by atoms with E-state index >= 15 is 0 Å². The average Bonchev–Trinajstić information content (AvgIpc) is 3.16. The summed E-state index contributed by atoms with van der Waals surface area (Å²) in [5, 5.41) is 0.336. The zero-order valence-electron chi connectivity index (χ0n) is 16.8. The lowest BCUT2D eigenvalue weighted by molar-refractivity contribution is -0.0440. The lowest BCUT2D eigenvalue weighted by atomic mass is 10.2. The summed E-state index contributed by atoms with van der Waals surface area (Å²) >= 11 is 1.20. The zero-order chi connectivity index (χ0) is 22.2. The number of fused-ring (bicyclic) bond motifs is 1. The van der Waals surface area contributed by atoms with Crippen molar-refractivity contribution in [1.82, 2.24) is 14.7 Å². The molecule has 0 spiro atoms. The fourth-order valence-corrected chi connectivity index (χ4v) is 5.83. The molecule has 0 radical (unpaired) electrons. The maximum Gasteiger partial charge on any atom is 0.269 e. The number of hydrogen-bond donors (Lipinski definition) is 2. The average molecular weight is 465 g/mol. The zero-order valence-corrected chi connectivity index (χ0v) is 18.5. The van der Waals surface area contributed by atoms with E-state index in [2.05, 4.69) is 15.8 Å². The molecule has 1 aromatic heterocycles. The van der Waals surface area contributed by atoms with E-state index in [1.54, 1.807) is 12.1 Å². The molecule has 1 aliphatic rings. The van der Waals surface area contributed by atoms with Crippen molar-refractivity contribution in [1.29, 1.82) is 0 Å². The van der Waals surface area contributed by atoms with Gasteiger partial charge in [0, 0.05) is 18.7 Å². The van der Waals surface area contributed by atoms with Gasteiger partial charge in [-0.3, -0.25) is 15.6 Å². The Kier molecular flexibility index (Phi) is 5.93. The van der Waals surface area contributed by atoms with Gasteiger partial charge in [-0.15, -0.1) is 0 Å². The maximum absolute atomic E-state index is 13.7. The SMILES string of the molecule is C[C@H]1CN(S(=O)(=O)c2ccc(C(=O)NNc3nc4c(F)cccc4s3)cc2)C[C@H](C)O1. The number of carbonyl (C=O) groups is 1. The van der Waals surface area contributed by atoms with Gasteiger partial charge in [-0.05, 0) is 50.2 Å². The molecule has 1 saturated heterocycles. The highest BCUT2D eigenvalue weighted by Crippen LogP contribution is 2.27. The number of para-hydroxylation sites is 1. The van der Waals surface area contributed by atoms with Crippen molar-refractivity contribution in [3.05, 3.63) is 53.8 Å². The first-order chi connectivity index (χ1) is 14.7. The highest BCUT2D eigenvalue weighted by atomic mass is 32.2. The van der Waals surface area contributed by atoms with Crippen LogP contribution in [0, 0.1) is 5.82 Å². The summed E-state index contributed by atoms with van der Waals surface area (Å²) in [5.74, 6) is -0.911. The third kappa shape index (κ3) is 4.54. The van der Waals surface area contributed by atoms with Crippen molar-refractivity contribution in [2.75, 3.05) is 18.5 Å². The Hall–Kier alpha value is -2.60. The second-order valence-electron chi connectivity index (χ2n) is 7.29. The predicted octanol–water partition coefficient (Wildman–Crippen LogP) is 2.99. The number of hydrogen-bond acceptors (Lipinski definition) is 7. The van der Waals surface area contributed by atoms with Gasteiger partial charge in [0.05, 0.1) is 21.8 Å². The number of hydrazine groups is 1. The van der Waals surface area contributed by atoms with Crippen LogP contribution < -0.4 is 10.9 Å². The number of ether oxygens (including phenoxy) is 1. The van der Waals surface area contributed by atoms with Crippen LogP contribution in [0.1, 0.15) is 24.2 Å². The molecule has 3 aromatic rings. The van der Waals surface area contributed by atoms with E-state index < -0.39 is 21.7 Å². The molecule has 1 aliphatic heterocycles. The van der Waals surface area contributed by atoms with E-state index in [-0.39, 0.29) is 41.3 Å². The Labute approximate surface area is 183 Å². The molecule has 4 rings (SSSR count). The summed E-state index contributed by atoms with van der Waals surface area (Å²) < 4.78 is 47.2. The quantitative estimate of drug-likeness (QED) is 0.563. The molecule has 0 unspecified atom stereocenters. The minimum atomic E-state index is -3.68. The maximum atomic E-state index is 13.7. The van der Waals surface area contributed by atoms with Crippen LogP contribution in [0.2, 0.25) is 0 Å². The molecule has 2 N–H and O–H groups in total. The molecule has 2 aromatic carbocycles. The second kappa shape index (κ2) is 8.50. The van der Waals surface area contributed by atoms with Crippen molar-refractivity contribution < 1.29 is 22.3 Å². The van der Waals surface area contributed by atoms with Gasteiger partial charge < -0.3 is 4.74 Å². The molecule has 2 heterocycles. The first kappa shape index (κ1) is 21.6. The summed E-state index contributed by atoms with van der Waals surface area (Å²) in [4.78, 5) is 16.6. The van der Waals surface area contributed by atoms with Gasteiger partial charge in [-0.2, -0.15) is 4.31 Å². The molecular weight excluding hydrogens is 443 g/mol. The topological polar surface area (TPSA) is 101 Å². The van der Waals surface area contributed by atoms with Gasteiger partial charge in [-0.25, -0.2) is 17.8 Å². The van der Waals surface area contributed by atoms with E-state index in [4.69, 9.17) is 4.74 Å². The van der Waals surface area contributed by atoms with Crippen LogP contribution >= 0.6 is 11.3 Å². The van der Waals surface area contributed by atoms with Crippen LogP contribution in [0.25, 0.3) is 10.2 Å². The normalized spacial score (nSPS) is 20.0. The van der Waals surface area contributed by atoms with E-state index in [0.717, 1.165) is 0 Å². The first-order valence-electron chi connectivity index (χ1n) is 9.61. The summed E-state index contributed by atoms with van der Waals surface area (Å²) in [6.07, 6.45) is -0.378. The Bertz CT molecular complexity index is 1200. The van der Waals surface area contributed by atoms with Gasteiger partial charge in [-0.1, -0.05) is 17.4 Å². The van der Waals surface area contributed by atoms with Gasteiger partial charge in [0.25, 0.3) is 5.91 Å². The number of sulfonamides is 1. The third-order valence-electron chi connectivity index (χ3n) is 4.79. The van der Waals surface area contributed by atoms with Crippen LogP contribution in [0.4, 0.5) is 9.52 Å². The molecule has 8 nitrogen and oxygen atoms in total. The van der Waals surface area contributed by atoms with Gasteiger partial charge in [0.1, 0.15) is 11.3 Å². The van der Waals surface area contributed by atoms with Crippen LogP contribution in [0.5, 0.6) is 0 Å². The number of aromatic nitrogens is 1. The number of nitrogens with one attached hydrogen (secondary N) is 2. The number of morpholine rings is 1. The number of thiazole rings is 1. The molecule has 164 valence electrons. The third-order valence-corrected chi connectivity index (χ3v) is 7.58. The summed E-state index contributed by atoms with van der Waals surface area (Å²) in [5.41, 5.74) is 5.65. The Morgan fingerprint density at radius 3 is 2.48 bits per heavy atom. The van der Waals surface area contributed by atoms with Crippen molar-refractivity contribution in [2.24, 2.45) is 0 Å². The molecule has 0 bridgehead atoms. The van der Waals surface area contributed by atoms with Gasteiger partial charge in [0.15, 0.2) is 0 Å². The number of rotatable bonds is 5. The largest absolute Gasteiger partial charge is 0.373 e. The minimum absolute atomic E-state index is 0.111. The number of amides is 1. The van der Waals surface area contributed by atoms with Crippen LogP contribution in [-0.4, -0.2) is 48.9 Å². The number of anilines is 1. The van der Waals surface area contributed by atoms with Gasteiger partial charge >= 0.3 is 0 Å². The van der Waals surface area contributed by atoms with Crippen molar-refractivity contribution >= 4 is 42.6 Å². The van der Waals surface area contributed by atoms with Crippen LogP contribution in [0.15, 0.2) is 47.4 Å². The molecule has 2 atom stereocenters. The second-order valence-corrected chi connectivity index (χ2v) is 10.3. The summed E-state index contributed by atoms with van der Waals surface area (Å²) in [6, 6.07) is 10.3. The van der Waals surface area contributed by atoms with Crippen molar-refractivity contribution in [3.8, 4) is 0 Å². The molecule has 31 heavy (non-hydrogen) atoms. The minimum Gasteiger partial charge on any atom is -0.373 e.